The Balaban J connectivity index is 2.55. The van der Waals surface area contributed by atoms with Crippen molar-refractivity contribution in [2.24, 2.45) is 4.99 Å². The number of benzene rings is 1. The molecule has 0 fully saturated rings. The second-order valence-electron chi connectivity index (χ2n) is 6.69. The van der Waals surface area contributed by atoms with Crippen molar-refractivity contribution in [3.63, 3.8) is 0 Å². The van der Waals surface area contributed by atoms with Crippen LogP contribution in [0.3, 0.4) is 0 Å². The van der Waals surface area contributed by atoms with Crippen LogP contribution in [0.25, 0.3) is 0 Å². The average molecular weight is 401 g/mol. The maximum Gasteiger partial charge on any atom is 0.387 e. The second-order valence-corrected chi connectivity index (χ2v) is 6.69. The van der Waals surface area contributed by atoms with E-state index in [-0.39, 0.29) is 5.75 Å². The number of ether oxygens (including phenoxy) is 2. The number of hydrogen-bond donors (Lipinski definition) is 2. The molecule has 0 radical (unpaired) electrons. The lowest BCUT2D eigenvalue weighted by Crippen LogP contribution is -2.37. The van der Waals surface area contributed by atoms with Gasteiger partial charge in [-0.15, -0.1) is 0 Å². The van der Waals surface area contributed by atoms with E-state index in [0.717, 1.165) is 25.9 Å². The van der Waals surface area contributed by atoms with E-state index in [1.807, 2.05) is 0 Å². The normalized spacial score (nSPS) is 12.0. The zero-order valence-electron chi connectivity index (χ0n) is 17.6. The highest BCUT2D eigenvalue weighted by molar-refractivity contribution is 5.79. The number of rotatable bonds is 12. The van der Waals surface area contributed by atoms with Gasteiger partial charge in [-0.3, -0.25) is 4.99 Å². The van der Waals surface area contributed by atoms with E-state index in [9.17, 15) is 8.78 Å². The third-order valence-electron chi connectivity index (χ3n) is 4.35. The molecule has 160 valence electrons. The van der Waals surface area contributed by atoms with E-state index in [1.165, 1.54) is 0 Å². The summed E-state index contributed by atoms with van der Waals surface area (Å²) in [5.41, 5.74) is 0.577. The van der Waals surface area contributed by atoms with Crippen LogP contribution in [0.1, 0.15) is 39.2 Å². The minimum atomic E-state index is -2.92. The Morgan fingerprint density at radius 2 is 1.96 bits per heavy atom. The molecular weight excluding hydrogens is 366 g/mol. The molecule has 1 aromatic carbocycles. The predicted molar refractivity (Wildman–Crippen MR) is 109 cm³/mol. The van der Waals surface area contributed by atoms with Crippen molar-refractivity contribution >= 4 is 5.96 Å². The first kappa shape index (κ1) is 23.9. The highest BCUT2D eigenvalue weighted by Gasteiger charge is 2.16. The molecule has 28 heavy (non-hydrogen) atoms. The van der Waals surface area contributed by atoms with Gasteiger partial charge in [0.2, 0.25) is 0 Å². The zero-order valence-corrected chi connectivity index (χ0v) is 17.6. The summed E-state index contributed by atoms with van der Waals surface area (Å²) in [4.78, 5) is 6.49. The summed E-state index contributed by atoms with van der Waals surface area (Å²) in [7, 11) is 3.79. The van der Waals surface area contributed by atoms with Crippen molar-refractivity contribution in [2.75, 3.05) is 33.8 Å². The Bertz CT molecular complexity index is 598. The molecule has 0 aliphatic carbocycles. The number of unbranched alkanes of at least 4 members (excludes halogenated alkanes) is 1. The lowest BCUT2D eigenvalue weighted by atomic mass is 10.2. The maximum atomic E-state index is 12.8. The molecule has 0 saturated carbocycles. The number of aliphatic imine (C=N–C) groups is 1. The fourth-order valence-corrected chi connectivity index (χ4v) is 2.54. The van der Waals surface area contributed by atoms with E-state index in [4.69, 9.17) is 4.74 Å². The number of para-hydroxylation sites is 1. The molecule has 0 spiro atoms. The third kappa shape index (κ3) is 8.73. The van der Waals surface area contributed by atoms with E-state index in [1.54, 1.807) is 32.2 Å². The first-order valence-electron chi connectivity index (χ1n) is 9.73. The first-order chi connectivity index (χ1) is 13.4. The number of nitrogens with one attached hydrogen (secondary N) is 2. The molecule has 0 aliphatic rings. The smallest absolute Gasteiger partial charge is 0.387 e. The van der Waals surface area contributed by atoms with E-state index in [2.05, 4.69) is 46.2 Å². The van der Waals surface area contributed by atoms with Crippen molar-refractivity contribution in [3.8, 4) is 11.5 Å². The summed E-state index contributed by atoms with van der Waals surface area (Å²) < 4.78 is 35.7. The van der Waals surface area contributed by atoms with Crippen LogP contribution < -0.4 is 20.1 Å². The summed E-state index contributed by atoms with van der Waals surface area (Å²) in [5.74, 6) is 0.973. The van der Waals surface area contributed by atoms with Crippen LogP contribution in [0.15, 0.2) is 23.2 Å². The number of alkyl halides is 2. The summed E-state index contributed by atoms with van der Waals surface area (Å²) in [5, 5.41) is 6.38. The fraction of sp³-hybridized carbons (Fsp3) is 0.650. The van der Waals surface area contributed by atoms with Crippen LogP contribution in [-0.4, -0.2) is 57.3 Å². The molecule has 0 aromatic heterocycles. The van der Waals surface area contributed by atoms with Crippen molar-refractivity contribution < 1.29 is 18.3 Å². The van der Waals surface area contributed by atoms with Crippen molar-refractivity contribution in [1.29, 1.82) is 0 Å². The van der Waals surface area contributed by atoms with Crippen LogP contribution in [0.5, 0.6) is 11.5 Å². The molecular formula is C20H34F2N4O2. The number of hydrogen-bond acceptors (Lipinski definition) is 4. The third-order valence-corrected chi connectivity index (χ3v) is 4.35. The maximum absolute atomic E-state index is 12.8. The van der Waals surface area contributed by atoms with Gasteiger partial charge in [-0.25, -0.2) is 0 Å². The number of halogens is 2. The minimum absolute atomic E-state index is 0.0547. The molecule has 0 unspecified atom stereocenters. The van der Waals surface area contributed by atoms with Gasteiger partial charge in [0.15, 0.2) is 17.5 Å². The van der Waals surface area contributed by atoms with Gasteiger partial charge in [0.25, 0.3) is 0 Å². The van der Waals surface area contributed by atoms with Gasteiger partial charge < -0.3 is 25.0 Å². The average Bonchev–Trinajstić information content (AvgIpc) is 2.65. The Hall–Kier alpha value is -2.09. The van der Waals surface area contributed by atoms with Gasteiger partial charge in [0, 0.05) is 31.7 Å². The fourth-order valence-electron chi connectivity index (χ4n) is 2.54. The second kappa shape index (κ2) is 13.1. The topological polar surface area (TPSA) is 58.1 Å². The Labute approximate surface area is 167 Å². The van der Waals surface area contributed by atoms with Crippen LogP contribution in [0.2, 0.25) is 0 Å². The lowest BCUT2D eigenvalue weighted by molar-refractivity contribution is -0.0520. The molecule has 0 aliphatic heterocycles. The van der Waals surface area contributed by atoms with Gasteiger partial charge in [-0.1, -0.05) is 12.1 Å². The molecule has 0 atom stereocenters. The van der Waals surface area contributed by atoms with Gasteiger partial charge in [0.05, 0.1) is 6.61 Å². The Morgan fingerprint density at radius 3 is 2.57 bits per heavy atom. The van der Waals surface area contributed by atoms with Crippen molar-refractivity contribution in [3.05, 3.63) is 23.8 Å². The van der Waals surface area contributed by atoms with Crippen LogP contribution in [0, 0.1) is 0 Å². The number of nitrogens with zero attached hydrogens (tertiary/aromatic N) is 2. The summed E-state index contributed by atoms with van der Waals surface area (Å²) in [6, 6.07) is 5.63. The van der Waals surface area contributed by atoms with Crippen LogP contribution in [0.4, 0.5) is 8.78 Å². The zero-order chi connectivity index (χ0) is 20.9. The standard InChI is InChI=1S/C20H34F2N4O2/c1-6-27-17-11-9-10-16(18(17)28-19(21)22)14-25-20(23-4)24-12-7-8-13-26(5)15(2)3/h9-11,15,19H,6-8,12-14H2,1-5H3,(H2,23,24,25). The monoisotopic (exact) mass is 400 g/mol. The highest BCUT2D eigenvalue weighted by Crippen LogP contribution is 2.32. The summed E-state index contributed by atoms with van der Waals surface area (Å²) >= 11 is 0. The quantitative estimate of drug-likeness (QED) is 0.320. The molecule has 6 nitrogen and oxygen atoms in total. The highest BCUT2D eigenvalue weighted by atomic mass is 19.3. The molecule has 0 amide bonds. The van der Waals surface area contributed by atoms with E-state index >= 15 is 0 Å². The number of guanidine groups is 1. The van der Waals surface area contributed by atoms with Crippen LogP contribution in [-0.2, 0) is 6.54 Å². The van der Waals surface area contributed by atoms with Crippen molar-refractivity contribution in [1.82, 2.24) is 15.5 Å². The Kier molecular flexibility index (Phi) is 11.2. The summed E-state index contributed by atoms with van der Waals surface area (Å²) in [6.45, 7) is 5.72. The molecule has 8 heteroatoms. The first-order valence-corrected chi connectivity index (χ1v) is 9.73. The molecule has 0 heterocycles. The molecule has 1 aromatic rings. The molecule has 0 saturated heterocycles. The molecule has 1 rings (SSSR count). The summed E-state index contributed by atoms with van der Waals surface area (Å²) in [6.07, 6.45) is 2.10. The largest absolute Gasteiger partial charge is 0.490 e. The Morgan fingerprint density at radius 1 is 1.21 bits per heavy atom. The minimum Gasteiger partial charge on any atom is -0.490 e. The van der Waals surface area contributed by atoms with Crippen molar-refractivity contribution in [2.45, 2.75) is 52.8 Å². The van der Waals surface area contributed by atoms with E-state index < -0.39 is 6.61 Å². The van der Waals surface area contributed by atoms with Crippen LogP contribution >= 0.6 is 0 Å². The predicted octanol–water partition coefficient (Wildman–Crippen LogP) is 3.47. The van der Waals surface area contributed by atoms with Gasteiger partial charge in [0.1, 0.15) is 0 Å². The van der Waals surface area contributed by atoms with Gasteiger partial charge in [-0.05, 0) is 53.3 Å². The SMILES string of the molecule is CCOc1cccc(CNC(=NC)NCCCCN(C)C(C)C)c1OC(F)F. The lowest BCUT2D eigenvalue weighted by Gasteiger charge is -2.21. The molecule has 0 bridgehead atoms. The van der Waals surface area contributed by atoms with E-state index in [0.29, 0.717) is 36.5 Å². The molecule has 2 N–H and O–H groups in total. The van der Waals surface area contributed by atoms with Gasteiger partial charge >= 0.3 is 6.61 Å². The van der Waals surface area contributed by atoms with Gasteiger partial charge in [-0.2, -0.15) is 8.78 Å².